The molecule has 4 rings (SSSR count). The smallest absolute Gasteiger partial charge is 0.319 e. The summed E-state index contributed by atoms with van der Waals surface area (Å²) in [6.07, 6.45) is 0.824. The Balaban J connectivity index is 1.65. The average Bonchev–Trinajstić information content (AvgIpc) is 2.74. The quantitative estimate of drug-likeness (QED) is 0.824. The van der Waals surface area contributed by atoms with Crippen molar-refractivity contribution < 1.29 is 14.3 Å². The third kappa shape index (κ3) is 4.33. The van der Waals surface area contributed by atoms with Gasteiger partial charge in [-0.1, -0.05) is 0 Å². The van der Waals surface area contributed by atoms with Crippen LogP contribution in [0.2, 0.25) is 0 Å². The number of carbonyl (C=O) groups is 1. The predicted molar refractivity (Wildman–Crippen MR) is 111 cm³/mol. The molecule has 8 heteroatoms. The van der Waals surface area contributed by atoms with E-state index in [2.05, 4.69) is 22.5 Å². The molecule has 0 aliphatic carbocycles. The number of amides is 2. The van der Waals surface area contributed by atoms with Crippen LogP contribution in [0.25, 0.3) is 11.4 Å². The maximum atomic E-state index is 11.7. The van der Waals surface area contributed by atoms with E-state index < -0.39 is 0 Å². The van der Waals surface area contributed by atoms with Crippen LogP contribution in [0.4, 0.5) is 16.3 Å². The molecule has 2 aromatic rings. The van der Waals surface area contributed by atoms with Gasteiger partial charge >= 0.3 is 6.03 Å². The van der Waals surface area contributed by atoms with Crippen LogP contribution in [0.1, 0.15) is 25.1 Å². The number of fused-ring (bicyclic) bond motifs is 1. The molecule has 0 saturated carbocycles. The molecule has 2 aliphatic heterocycles. The lowest BCUT2D eigenvalue weighted by molar-refractivity contribution is 0.0965. The lowest BCUT2D eigenvalue weighted by Crippen LogP contribution is -2.45. The maximum absolute atomic E-state index is 11.7. The zero-order valence-corrected chi connectivity index (χ0v) is 16.9. The Labute approximate surface area is 170 Å². The van der Waals surface area contributed by atoms with Gasteiger partial charge in [-0.3, -0.25) is 0 Å². The number of morpholine rings is 1. The van der Waals surface area contributed by atoms with Crippen molar-refractivity contribution in [1.29, 1.82) is 0 Å². The van der Waals surface area contributed by atoms with Crippen LogP contribution in [0.3, 0.4) is 0 Å². The fourth-order valence-electron chi connectivity index (χ4n) is 3.68. The first-order valence-corrected chi connectivity index (χ1v) is 10.1. The van der Waals surface area contributed by atoms with E-state index in [0.717, 1.165) is 35.7 Å². The van der Waals surface area contributed by atoms with Gasteiger partial charge in [-0.2, -0.15) is 0 Å². The Bertz CT molecular complexity index is 871. The fourth-order valence-corrected chi connectivity index (χ4v) is 3.68. The Kier molecular flexibility index (Phi) is 5.92. The second kappa shape index (κ2) is 8.75. The average molecular weight is 397 g/mol. The van der Waals surface area contributed by atoms with Crippen LogP contribution in [0.15, 0.2) is 24.3 Å². The SMILES string of the molecule is CCNC(=O)Nc1ccc(-c2nc3c(c(N4CCOC[C@@H]4C)n2)CCOC3)cc1. The number of aromatic nitrogens is 2. The molecule has 0 spiro atoms. The summed E-state index contributed by atoms with van der Waals surface area (Å²) >= 11 is 0. The molecule has 2 N–H and O–H groups in total. The largest absolute Gasteiger partial charge is 0.377 e. The number of anilines is 2. The second-order valence-electron chi connectivity index (χ2n) is 7.28. The summed E-state index contributed by atoms with van der Waals surface area (Å²) in [5, 5.41) is 5.53. The van der Waals surface area contributed by atoms with Crippen LogP contribution < -0.4 is 15.5 Å². The summed E-state index contributed by atoms with van der Waals surface area (Å²) in [7, 11) is 0. The molecule has 8 nitrogen and oxygen atoms in total. The highest BCUT2D eigenvalue weighted by Crippen LogP contribution is 2.30. The first-order chi connectivity index (χ1) is 14.2. The first kappa shape index (κ1) is 19.6. The number of hydrogen-bond acceptors (Lipinski definition) is 6. The summed E-state index contributed by atoms with van der Waals surface area (Å²) in [5.74, 6) is 1.67. The van der Waals surface area contributed by atoms with Gasteiger partial charge in [0.15, 0.2) is 5.82 Å². The number of nitrogens with one attached hydrogen (secondary N) is 2. The molecule has 2 aliphatic rings. The van der Waals surface area contributed by atoms with Crippen LogP contribution >= 0.6 is 0 Å². The van der Waals surface area contributed by atoms with Gasteiger partial charge in [0, 0.05) is 36.3 Å². The van der Waals surface area contributed by atoms with Crippen molar-refractivity contribution in [1.82, 2.24) is 15.3 Å². The number of rotatable bonds is 4. The number of benzene rings is 1. The Morgan fingerprint density at radius 2 is 2.03 bits per heavy atom. The summed E-state index contributed by atoms with van der Waals surface area (Å²) < 4.78 is 11.3. The predicted octanol–water partition coefficient (Wildman–Crippen LogP) is 2.58. The van der Waals surface area contributed by atoms with Gasteiger partial charge in [-0.25, -0.2) is 14.8 Å². The van der Waals surface area contributed by atoms with Crippen molar-refractivity contribution >= 4 is 17.5 Å². The van der Waals surface area contributed by atoms with Crippen LogP contribution in [-0.4, -0.2) is 55.0 Å². The summed E-state index contributed by atoms with van der Waals surface area (Å²) in [6.45, 7) is 8.05. The molecule has 3 heterocycles. The van der Waals surface area contributed by atoms with E-state index >= 15 is 0 Å². The molecule has 1 saturated heterocycles. The molecule has 1 atom stereocenters. The van der Waals surface area contributed by atoms with Crippen molar-refractivity contribution in [2.45, 2.75) is 32.9 Å². The zero-order chi connectivity index (χ0) is 20.2. The molecular weight excluding hydrogens is 370 g/mol. The van der Waals surface area contributed by atoms with E-state index in [1.165, 1.54) is 5.56 Å². The van der Waals surface area contributed by atoms with Gasteiger partial charge in [0.1, 0.15) is 5.82 Å². The van der Waals surface area contributed by atoms with E-state index in [4.69, 9.17) is 19.4 Å². The third-order valence-electron chi connectivity index (χ3n) is 5.18. The van der Waals surface area contributed by atoms with Gasteiger partial charge in [0.2, 0.25) is 0 Å². The molecule has 0 radical (unpaired) electrons. The normalized spacial score (nSPS) is 18.8. The Hall–Kier alpha value is -2.71. The van der Waals surface area contributed by atoms with Gasteiger partial charge in [0.05, 0.1) is 38.2 Å². The van der Waals surface area contributed by atoms with E-state index in [1.807, 2.05) is 31.2 Å². The molecule has 1 aromatic heterocycles. The van der Waals surface area contributed by atoms with E-state index in [1.54, 1.807) is 0 Å². The van der Waals surface area contributed by atoms with Crippen molar-refractivity contribution in [3.63, 3.8) is 0 Å². The molecule has 154 valence electrons. The highest BCUT2D eigenvalue weighted by Gasteiger charge is 2.27. The molecular formula is C21H27N5O3. The topological polar surface area (TPSA) is 88.6 Å². The number of urea groups is 1. The summed E-state index contributed by atoms with van der Waals surface area (Å²) in [5.41, 5.74) is 3.77. The zero-order valence-electron chi connectivity index (χ0n) is 16.9. The van der Waals surface area contributed by atoms with Crippen LogP contribution in [0, 0.1) is 0 Å². The minimum absolute atomic E-state index is 0.217. The minimum atomic E-state index is -0.217. The first-order valence-electron chi connectivity index (χ1n) is 10.1. The lowest BCUT2D eigenvalue weighted by Gasteiger charge is -2.36. The van der Waals surface area contributed by atoms with Crippen molar-refractivity contribution in [2.24, 2.45) is 0 Å². The molecule has 2 amide bonds. The van der Waals surface area contributed by atoms with Crippen molar-refractivity contribution in [3.8, 4) is 11.4 Å². The standard InChI is InChI=1S/C21H27N5O3/c1-3-22-21(27)23-16-6-4-15(5-7-16)19-24-18-13-28-10-8-17(18)20(25-19)26-9-11-29-12-14(26)2/h4-7,14H,3,8-13H2,1-2H3,(H2,22,23,27)/t14-/m0/s1. The second-order valence-corrected chi connectivity index (χ2v) is 7.28. The molecule has 29 heavy (non-hydrogen) atoms. The Morgan fingerprint density at radius 1 is 1.21 bits per heavy atom. The fraction of sp³-hybridized carbons (Fsp3) is 0.476. The summed E-state index contributed by atoms with van der Waals surface area (Å²) in [4.78, 5) is 23.8. The highest BCUT2D eigenvalue weighted by molar-refractivity contribution is 5.89. The highest BCUT2D eigenvalue weighted by atomic mass is 16.5. The Morgan fingerprint density at radius 3 is 2.79 bits per heavy atom. The molecule has 0 unspecified atom stereocenters. The van der Waals surface area contributed by atoms with Gasteiger partial charge in [-0.15, -0.1) is 0 Å². The minimum Gasteiger partial charge on any atom is -0.377 e. The van der Waals surface area contributed by atoms with Gasteiger partial charge in [0.25, 0.3) is 0 Å². The number of hydrogen-bond donors (Lipinski definition) is 2. The molecule has 0 bridgehead atoms. The van der Waals surface area contributed by atoms with E-state index in [0.29, 0.717) is 38.8 Å². The number of carbonyl (C=O) groups excluding carboxylic acids is 1. The van der Waals surface area contributed by atoms with Crippen molar-refractivity contribution in [3.05, 3.63) is 35.5 Å². The molecule has 1 fully saturated rings. The van der Waals surface area contributed by atoms with E-state index in [9.17, 15) is 4.79 Å². The number of ether oxygens (including phenoxy) is 2. The number of nitrogens with zero attached hydrogens (tertiary/aromatic N) is 3. The van der Waals surface area contributed by atoms with Crippen LogP contribution in [0.5, 0.6) is 0 Å². The molecule has 1 aromatic carbocycles. The monoisotopic (exact) mass is 397 g/mol. The van der Waals surface area contributed by atoms with Gasteiger partial charge < -0.3 is 25.0 Å². The summed E-state index contributed by atoms with van der Waals surface area (Å²) in [6, 6.07) is 7.63. The van der Waals surface area contributed by atoms with Crippen molar-refractivity contribution in [2.75, 3.05) is 43.1 Å². The maximum Gasteiger partial charge on any atom is 0.319 e. The third-order valence-corrected chi connectivity index (χ3v) is 5.18. The van der Waals surface area contributed by atoms with Gasteiger partial charge in [-0.05, 0) is 38.1 Å². The van der Waals surface area contributed by atoms with E-state index in [-0.39, 0.29) is 12.1 Å². The lowest BCUT2D eigenvalue weighted by atomic mass is 10.1. The van der Waals surface area contributed by atoms with Crippen LogP contribution in [-0.2, 0) is 22.5 Å².